The monoisotopic (exact) mass is 293 g/mol. The molecule has 0 aromatic carbocycles. The SMILES string of the molecule is CCNC(=NCc1cccs1)N1CCC2(CCOC2)C1. The first-order chi connectivity index (χ1) is 9.81. The molecule has 20 heavy (non-hydrogen) atoms. The zero-order valence-electron chi connectivity index (χ0n) is 12.1. The second-order valence-electron chi connectivity index (χ2n) is 5.72. The van der Waals surface area contributed by atoms with Crippen molar-refractivity contribution < 1.29 is 4.74 Å². The number of hydrogen-bond donors (Lipinski definition) is 1. The highest BCUT2D eigenvalue weighted by atomic mass is 32.1. The van der Waals surface area contributed by atoms with Crippen LogP contribution in [-0.2, 0) is 11.3 Å². The molecule has 1 aromatic rings. The number of nitrogens with zero attached hydrogens (tertiary/aromatic N) is 2. The van der Waals surface area contributed by atoms with Crippen molar-refractivity contribution in [1.82, 2.24) is 10.2 Å². The first kappa shape index (κ1) is 13.9. The Hall–Kier alpha value is -1.07. The van der Waals surface area contributed by atoms with E-state index in [2.05, 4.69) is 34.7 Å². The number of rotatable bonds is 3. The summed E-state index contributed by atoms with van der Waals surface area (Å²) in [7, 11) is 0. The Morgan fingerprint density at radius 2 is 2.50 bits per heavy atom. The first-order valence-electron chi connectivity index (χ1n) is 7.45. The van der Waals surface area contributed by atoms with Gasteiger partial charge in [0.25, 0.3) is 0 Å². The minimum absolute atomic E-state index is 0.388. The van der Waals surface area contributed by atoms with Gasteiger partial charge in [-0.05, 0) is 31.2 Å². The van der Waals surface area contributed by atoms with Crippen molar-refractivity contribution in [1.29, 1.82) is 0 Å². The van der Waals surface area contributed by atoms with Crippen LogP contribution in [0.4, 0.5) is 0 Å². The highest BCUT2D eigenvalue weighted by Crippen LogP contribution is 2.38. The van der Waals surface area contributed by atoms with Crippen molar-refractivity contribution in [2.24, 2.45) is 10.4 Å². The van der Waals surface area contributed by atoms with Crippen LogP contribution in [0.3, 0.4) is 0 Å². The highest BCUT2D eigenvalue weighted by Gasteiger charge is 2.42. The van der Waals surface area contributed by atoms with Crippen LogP contribution >= 0.6 is 11.3 Å². The molecule has 1 unspecified atom stereocenters. The summed E-state index contributed by atoms with van der Waals surface area (Å²) in [6.45, 7) is 7.86. The maximum atomic E-state index is 5.60. The molecule has 2 aliphatic rings. The Balaban J connectivity index is 1.66. The summed E-state index contributed by atoms with van der Waals surface area (Å²) in [5.74, 6) is 1.06. The highest BCUT2D eigenvalue weighted by molar-refractivity contribution is 7.09. The molecule has 3 heterocycles. The second kappa shape index (κ2) is 6.14. The van der Waals surface area contributed by atoms with Gasteiger partial charge in [0.1, 0.15) is 0 Å². The number of thiophene rings is 1. The molecule has 110 valence electrons. The molecular weight excluding hydrogens is 270 g/mol. The van der Waals surface area contributed by atoms with Crippen LogP contribution in [-0.4, -0.2) is 43.7 Å². The lowest BCUT2D eigenvalue weighted by Gasteiger charge is -2.24. The lowest BCUT2D eigenvalue weighted by atomic mass is 9.87. The molecule has 5 heteroatoms. The van der Waals surface area contributed by atoms with Gasteiger partial charge < -0.3 is 15.0 Å². The zero-order chi connectivity index (χ0) is 13.8. The van der Waals surface area contributed by atoms with E-state index in [4.69, 9.17) is 9.73 Å². The molecule has 0 aliphatic carbocycles. The summed E-state index contributed by atoms with van der Waals surface area (Å²) in [5, 5.41) is 5.54. The summed E-state index contributed by atoms with van der Waals surface area (Å²) < 4.78 is 5.60. The van der Waals surface area contributed by atoms with Gasteiger partial charge in [-0.3, -0.25) is 0 Å². The molecule has 2 aliphatic heterocycles. The molecule has 1 atom stereocenters. The fraction of sp³-hybridized carbons (Fsp3) is 0.667. The van der Waals surface area contributed by atoms with Gasteiger partial charge in [-0.25, -0.2) is 4.99 Å². The fourth-order valence-corrected chi connectivity index (χ4v) is 3.70. The summed E-state index contributed by atoms with van der Waals surface area (Å²) in [6, 6.07) is 4.23. The van der Waals surface area contributed by atoms with Crippen LogP contribution in [0, 0.1) is 5.41 Å². The van der Waals surface area contributed by atoms with Gasteiger partial charge in [0.2, 0.25) is 0 Å². The Kier molecular flexibility index (Phi) is 4.27. The van der Waals surface area contributed by atoms with Crippen LogP contribution in [0.5, 0.6) is 0 Å². The Bertz CT molecular complexity index is 452. The van der Waals surface area contributed by atoms with Crippen LogP contribution in [0.2, 0.25) is 0 Å². The third kappa shape index (κ3) is 2.99. The minimum atomic E-state index is 0.388. The average molecular weight is 293 g/mol. The van der Waals surface area contributed by atoms with E-state index in [-0.39, 0.29) is 0 Å². The summed E-state index contributed by atoms with van der Waals surface area (Å²) in [6.07, 6.45) is 2.43. The standard InChI is InChI=1S/C15H23N3OS/c1-2-16-14(17-10-13-4-3-9-20-13)18-7-5-15(11-18)6-8-19-12-15/h3-4,9H,2,5-8,10-12H2,1H3,(H,16,17). The largest absolute Gasteiger partial charge is 0.381 e. The molecule has 2 saturated heterocycles. The average Bonchev–Trinajstić information content (AvgIpc) is 3.18. The molecule has 4 nitrogen and oxygen atoms in total. The maximum absolute atomic E-state index is 5.60. The topological polar surface area (TPSA) is 36.9 Å². The van der Waals surface area contributed by atoms with Crippen molar-refractivity contribution in [3.8, 4) is 0 Å². The van der Waals surface area contributed by atoms with Gasteiger partial charge in [0.05, 0.1) is 13.2 Å². The second-order valence-corrected chi connectivity index (χ2v) is 6.76. The van der Waals surface area contributed by atoms with Crippen molar-refractivity contribution in [2.75, 3.05) is 32.8 Å². The number of hydrogen-bond acceptors (Lipinski definition) is 3. The smallest absolute Gasteiger partial charge is 0.194 e. The van der Waals surface area contributed by atoms with E-state index in [0.717, 1.165) is 45.4 Å². The molecule has 1 spiro atoms. The number of guanidine groups is 1. The molecule has 0 bridgehead atoms. The van der Waals surface area contributed by atoms with E-state index in [0.29, 0.717) is 5.41 Å². The number of nitrogens with one attached hydrogen (secondary N) is 1. The predicted molar refractivity (Wildman–Crippen MR) is 83.2 cm³/mol. The van der Waals surface area contributed by atoms with Crippen molar-refractivity contribution in [3.05, 3.63) is 22.4 Å². The molecular formula is C15H23N3OS. The van der Waals surface area contributed by atoms with E-state index in [1.54, 1.807) is 11.3 Å². The quantitative estimate of drug-likeness (QED) is 0.686. The summed E-state index contributed by atoms with van der Waals surface area (Å²) in [4.78, 5) is 8.52. The molecule has 0 saturated carbocycles. The fourth-order valence-electron chi connectivity index (χ4n) is 3.07. The van der Waals surface area contributed by atoms with Gasteiger partial charge in [-0.1, -0.05) is 6.07 Å². The Morgan fingerprint density at radius 1 is 1.55 bits per heavy atom. The van der Waals surface area contributed by atoms with E-state index in [1.165, 1.54) is 17.7 Å². The molecule has 3 rings (SSSR count). The van der Waals surface area contributed by atoms with Gasteiger partial charge in [0, 0.05) is 36.5 Å². The lowest BCUT2D eigenvalue weighted by Crippen LogP contribution is -2.41. The molecule has 2 fully saturated rings. The molecule has 0 amide bonds. The molecule has 0 radical (unpaired) electrons. The van der Waals surface area contributed by atoms with Crippen LogP contribution in [0.1, 0.15) is 24.6 Å². The Labute approximate surface area is 124 Å². The third-order valence-electron chi connectivity index (χ3n) is 4.22. The van der Waals surface area contributed by atoms with Gasteiger partial charge in [-0.15, -0.1) is 11.3 Å². The first-order valence-corrected chi connectivity index (χ1v) is 8.33. The maximum Gasteiger partial charge on any atom is 0.194 e. The van der Waals surface area contributed by atoms with E-state index in [9.17, 15) is 0 Å². The van der Waals surface area contributed by atoms with Gasteiger partial charge >= 0.3 is 0 Å². The van der Waals surface area contributed by atoms with Crippen molar-refractivity contribution in [3.63, 3.8) is 0 Å². The van der Waals surface area contributed by atoms with Crippen LogP contribution in [0.15, 0.2) is 22.5 Å². The van der Waals surface area contributed by atoms with Crippen molar-refractivity contribution in [2.45, 2.75) is 26.3 Å². The Morgan fingerprint density at radius 3 is 3.20 bits per heavy atom. The summed E-state index contributed by atoms with van der Waals surface area (Å²) in [5.41, 5.74) is 0.388. The van der Waals surface area contributed by atoms with Gasteiger partial charge in [0.15, 0.2) is 5.96 Å². The van der Waals surface area contributed by atoms with E-state index < -0.39 is 0 Å². The number of likely N-dealkylation sites (tertiary alicyclic amines) is 1. The molecule has 1 N–H and O–H groups in total. The van der Waals surface area contributed by atoms with Crippen molar-refractivity contribution >= 4 is 17.3 Å². The van der Waals surface area contributed by atoms with E-state index >= 15 is 0 Å². The van der Waals surface area contributed by atoms with E-state index in [1.807, 2.05) is 0 Å². The lowest BCUT2D eigenvalue weighted by molar-refractivity contribution is 0.156. The normalized spacial score (nSPS) is 26.6. The number of aliphatic imine (C=N–C) groups is 1. The van der Waals surface area contributed by atoms with Gasteiger partial charge in [-0.2, -0.15) is 0 Å². The third-order valence-corrected chi connectivity index (χ3v) is 5.08. The predicted octanol–water partition coefficient (Wildman–Crippen LogP) is 2.33. The summed E-state index contributed by atoms with van der Waals surface area (Å²) >= 11 is 1.77. The van der Waals surface area contributed by atoms with Crippen LogP contribution in [0.25, 0.3) is 0 Å². The number of ether oxygens (including phenoxy) is 1. The minimum Gasteiger partial charge on any atom is -0.381 e. The van der Waals surface area contributed by atoms with Crippen LogP contribution < -0.4 is 5.32 Å². The zero-order valence-corrected chi connectivity index (χ0v) is 12.9. The molecule has 1 aromatic heterocycles.